The standard InChI is InChI=1S/C7H5FNO/c8-7-3-6(9)2-1-5(7)4-10/h1-3H,9H2. The molecule has 51 valence electrons. The molecule has 1 rings (SSSR count). The van der Waals surface area contributed by atoms with Gasteiger partial charge in [-0.3, -0.25) is 4.79 Å². The summed E-state index contributed by atoms with van der Waals surface area (Å²) in [5, 5.41) is 0. The summed E-state index contributed by atoms with van der Waals surface area (Å²) < 4.78 is 12.5. The molecule has 0 unspecified atom stereocenters. The van der Waals surface area contributed by atoms with E-state index in [4.69, 9.17) is 5.73 Å². The van der Waals surface area contributed by atoms with Crippen molar-refractivity contribution in [2.45, 2.75) is 0 Å². The third-order valence-electron chi connectivity index (χ3n) is 1.10. The van der Waals surface area contributed by atoms with Crippen molar-refractivity contribution in [3.8, 4) is 0 Å². The number of rotatable bonds is 1. The summed E-state index contributed by atoms with van der Waals surface area (Å²) in [6.45, 7) is 0. The average molecular weight is 138 g/mol. The third kappa shape index (κ3) is 1.13. The minimum Gasteiger partial charge on any atom is -0.399 e. The highest BCUT2D eigenvalue weighted by atomic mass is 19.1. The van der Waals surface area contributed by atoms with E-state index in [2.05, 4.69) is 0 Å². The minimum atomic E-state index is -0.630. The first-order valence-corrected chi connectivity index (χ1v) is 2.67. The molecule has 0 saturated heterocycles. The largest absolute Gasteiger partial charge is 0.399 e. The fourth-order valence-corrected chi connectivity index (χ4v) is 0.614. The van der Waals surface area contributed by atoms with Crippen LogP contribution in [0.1, 0.15) is 5.56 Å². The predicted octanol–water partition coefficient (Wildman–Crippen LogP) is 0.866. The number of nitrogen functional groups attached to an aromatic ring is 1. The monoisotopic (exact) mass is 138 g/mol. The van der Waals surface area contributed by atoms with E-state index in [0.29, 0.717) is 5.69 Å². The predicted molar refractivity (Wildman–Crippen MR) is 35.6 cm³/mol. The van der Waals surface area contributed by atoms with Gasteiger partial charge in [0.1, 0.15) is 5.82 Å². The summed E-state index contributed by atoms with van der Waals surface area (Å²) >= 11 is 0. The Bertz CT molecular complexity index is 260. The molecule has 0 amide bonds. The number of hydrogen-bond donors (Lipinski definition) is 1. The molecule has 2 N–H and O–H groups in total. The highest BCUT2D eigenvalue weighted by Crippen LogP contribution is 2.08. The number of hydrogen-bond acceptors (Lipinski definition) is 2. The molecule has 0 fully saturated rings. The van der Waals surface area contributed by atoms with Crippen molar-refractivity contribution in [2.24, 2.45) is 0 Å². The lowest BCUT2D eigenvalue weighted by Gasteiger charge is -1.93. The average Bonchev–Trinajstić information content (AvgIpc) is 1.88. The van der Waals surface area contributed by atoms with Gasteiger partial charge in [0.15, 0.2) is 0 Å². The first-order chi connectivity index (χ1) is 4.74. The summed E-state index contributed by atoms with van der Waals surface area (Å²) in [6, 6.07) is 3.82. The molecule has 1 radical (unpaired) electrons. The Labute approximate surface area is 57.5 Å². The van der Waals surface area contributed by atoms with Crippen LogP contribution in [0.3, 0.4) is 0 Å². The van der Waals surface area contributed by atoms with E-state index >= 15 is 0 Å². The van der Waals surface area contributed by atoms with E-state index in [-0.39, 0.29) is 5.56 Å². The molecule has 0 aliphatic rings. The lowest BCUT2D eigenvalue weighted by Crippen LogP contribution is -1.90. The molecule has 1 aromatic rings. The first-order valence-electron chi connectivity index (χ1n) is 2.67. The van der Waals surface area contributed by atoms with Crippen LogP contribution in [0.25, 0.3) is 0 Å². The third-order valence-corrected chi connectivity index (χ3v) is 1.10. The molecule has 10 heavy (non-hydrogen) atoms. The van der Waals surface area contributed by atoms with Gasteiger partial charge in [0.2, 0.25) is 6.29 Å². The van der Waals surface area contributed by atoms with E-state index < -0.39 is 5.82 Å². The summed E-state index contributed by atoms with van der Waals surface area (Å²) in [5.41, 5.74) is 5.43. The van der Waals surface area contributed by atoms with Crippen molar-refractivity contribution < 1.29 is 9.18 Å². The van der Waals surface area contributed by atoms with Gasteiger partial charge in [0.25, 0.3) is 0 Å². The number of nitrogens with two attached hydrogens (primary N) is 1. The Kier molecular flexibility index (Phi) is 1.67. The normalized spacial score (nSPS) is 9.30. The van der Waals surface area contributed by atoms with Gasteiger partial charge in [-0.2, -0.15) is 0 Å². The second-order valence-electron chi connectivity index (χ2n) is 1.84. The topological polar surface area (TPSA) is 43.1 Å². The van der Waals surface area contributed by atoms with Gasteiger partial charge < -0.3 is 5.73 Å². The maximum atomic E-state index is 12.5. The van der Waals surface area contributed by atoms with Gasteiger partial charge in [-0.25, -0.2) is 4.39 Å². The van der Waals surface area contributed by atoms with Gasteiger partial charge in [-0.05, 0) is 18.2 Å². The fourth-order valence-electron chi connectivity index (χ4n) is 0.614. The van der Waals surface area contributed by atoms with E-state index in [1.165, 1.54) is 18.4 Å². The molecule has 2 nitrogen and oxygen atoms in total. The van der Waals surface area contributed by atoms with Crippen LogP contribution in [0, 0.1) is 5.82 Å². The van der Waals surface area contributed by atoms with Crippen LogP contribution in [-0.4, -0.2) is 6.29 Å². The van der Waals surface area contributed by atoms with Crippen molar-refractivity contribution in [1.29, 1.82) is 0 Å². The molecular weight excluding hydrogens is 133 g/mol. The second-order valence-corrected chi connectivity index (χ2v) is 1.84. The zero-order chi connectivity index (χ0) is 7.56. The van der Waals surface area contributed by atoms with Crippen LogP contribution < -0.4 is 5.73 Å². The van der Waals surface area contributed by atoms with Crippen molar-refractivity contribution >= 4 is 12.0 Å². The van der Waals surface area contributed by atoms with Gasteiger partial charge in [0, 0.05) is 5.69 Å². The second kappa shape index (κ2) is 2.47. The number of benzene rings is 1. The zero-order valence-electron chi connectivity index (χ0n) is 5.10. The van der Waals surface area contributed by atoms with Gasteiger partial charge in [-0.15, -0.1) is 0 Å². The maximum Gasteiger partial charge on any atom is 0.236 e. The Morgan fingerprint density at radius 2 is 2.20 bits per heavy atom. The Morgan fingerprint density at radius 1 is 1.50 bits per heavy atom. The molecule has 3 heteroatoms. The molecule has 0 saturated carbocycles. The van der Waals surface area contributed by atoms with Crippen molar-refractivity contribution in [1.82, 2.24) is 0 Å². The van der Waals surface area contributed by atoms with Gasteiger partial charge in [0.05, 0.1) is 5.56 Å². The molecule has 0 bridgehead atoms. The van der Waals surface area contributed by atoms with Crippen LogP contribution in [0.5, 0.6) is 0 Å². The number of anilines is 1. The highest BCUT2D eigenvalue weighted by molar-refractivity contribution is 5.76. The van der Waals surface area contributed by atoms with Gasteiger partial charge >= 0.3 is 0 Å². The quantitative estimate of drug-likeness (QED) is 0.585. The van der Waals surface area contributed by atoms with Crippen LogP contribution in [-0.2, 0) is 4.79 Å². The zero-order valence-corrected chi connectivity index (χ0v) is 5.10. The van der Waals surface area contributed by atoms with Gasteiger partial charge in [-0.1, -0.05) is 0 Å². The van der Waals surface area contributed by atoms with Crippen LogP contribution >= 0.6 is 0 Å². The maximum absolute atomic E-state index is 12.5. The summed E-state index contributed by atoms with van der Waals surface area (Å²) in [5.74, 6) is -0.630. The molecule has 0 spiro atoms. The molecule has 0 atom stereocenters. The fraction of sp³-hybridized carbons (Fsp3) is 0. The molecule has 0 heterocycles. The van der Waals surface area contributed by atoms with Crippen molar-refractivity contribution in [3.63, 3.8) is 0 Å². The molecule has 0 aromatic heterocycles. The Morgan fingerprint density at radius 3 is 2.70 bits per heavy atom. The van der Waals surface area contributed by atoms with Crippen molar-refractivity contribution in [3.05, 3.63) is 29.6 Å². The highest BCUT2D eigenvalue weighted by Gasteiger charge is 1.99. The molecular formula is C7H5FNO. The van der Waals surface area contributed by atoms with Crippen LogP contribution in [0.15, 0.2) is 18.2 Å². The Hall–Kier alpha value is -1.38. The Balaban J connectivity index is 3.19. The minimum absolute atomic E-state index is 0.0887. The summed E-state index contributed by atoms with van der Waals surface area (Å²) in [4.78, 5) is 9.93. The van der Waals surface area contributed by atoms with Crippen molar-refractivity contribution in [2.75, 3.05) is 5.73 Å². The molecule has 1 aromatic carbocycles. The smallest absolute Gasteiger partial charge is 0.236 e. The molecule has 0 aliphatic carbocycles. The lowest BCUT2D eigenvalue weighted by atomic mass is 10.2. The number of halogens is 1. The summed E-state index contributed by atoms with van der Waals surface area (Å²) in [6.07, 6.45) is 1.44. The summed E-state index contributed by atoms with van der Waals surface area (Å²) in [7, 11) is 0. The van der Waals surface area contributed by atoms with E-state index in [0.717, 1.165) is 6.07 Å². The number of carbonyl (C=O) groups excluding carboxylic acids is 1. The SMILES string of the molecule is Nc1ccc([C]=O)c(F)c1. The molecule has 0 aliphatic heterocycles. The van der Waals surface area contributed by atoms with Crippen LogP contribution in [0.4, 0.5) is 10.1 Å². The van der Waals surface area contributed by atoms with E-state index in [1.54, 1.807) is 0 Å². The van der Waals surface area contributed by atoms with Crippen LogP contribution in [0.2, 0.25) is 0 Å². The first kappa shape index (κ1) is 6.74. The van der Waals surface area contributed by atoms with E-state index in [9.17, 15) is 9.18 Å². The lowest BCUT2D eigenvalue weighted by molar-refractivity contribution is 0.556. The van der Waals surface area contributed by atoms with E-state index in [1.807, 2.05) is 0 Å².